The van der Waals surface area contributed by atoms with E-state index in [2.05, 4.69) is 231 Å². The van der Waals surface area contributed by atoms with Crippen molar-refractivity contribution in [2.45, 2.75) is 0 Å². The van der Waals surface area contributed by atoms with Gasteiger partial charge in [-0.2, -0.15) is 0 Å². The summed E-state index contributed by atoms with van der Waals surface area (Å²) in [6.45, 7) is 0. The summed E-state index contributed by atoms with van der Waals surface area (Å²) in [5.41, 5.74) is 12.3. The number of hydrogen-bond acceptors (Lipinski definition) is 0. The predicted octanol–water partition coefficient (Wildman–Crippen LogP) is 16.9. The minimum Gasteiger partial charge on any atom is -0.0616 e. The quantitative estimate of drug-likeness (QED) is 0.121. The van der Waals surface area contributed by atoms with Crippen LogP contribution in [0.4, 0.5) is 0 Å². The van der Waals surface area contributed by atoms with E-state index in [1.54, 1.807) is 0 Å². The van der Waals surface area contributed by atoms with Crippen LogP contribution in [-0.2, 0) is 0 Å². The molecule has 0 atom stereocenters. The summed E-state index contributed by atoms with van der Waals surface area (Å²) >= 11 is 0. The third kappa shape index (κ3) is 5.61. The van der Waals surface area contributed by atoms with Crippen LogP contribution >= 0.6 is 0 Å². The van der Waals surface area contributed by atoms with Crippen molar-refractivity contribution in [1.82, 2.24) is 0 Å². The molecule has 0 fully saturated rings. The minimum absolute atomic E-state index is 1.21. The first-order valence-corrected chi connectivity index (χ1v) is 20.8. The van der Waals surface area contributed by atoms with E-state index in [0.717, 1.165) is 0 Å². The highest BCUT2D eigenvalue weighted by Gasteiger charge is 2.19. The smallest absolute Gasteiger partial charge is 0.00259 e. The fraction of sp³-hybridized carbons (Fsp3) is 0. The number of benzene rings is 12. The molecule has 0 aliphatic rings. The number of fused-ring (bicyclic) bond motifs is 7. The second kappa shape index (κ2) is 13.9. The average molecular weight is 759 g/mol. The molecular weight excluding hydrogens is 721 g/mol. The molecule has 0 bridgehead atoms. The molecule has 0 nitrogen and oxygen atoms in total. The van der Waals surface area contributed by atoms with E-state index in [4.69, 9.17) is 0 Å². The standard InChI is InChI=1S/C60H38/c1-2-16-41-34-43(31-30-39(41)14-1)42-19-11-21-47(35-42)59-54-27-9-10-28-55(54)60(58-38-46(32-33-56(58)59)50-29-13-18-40-15-3-5-23-49(40)50)48-22-12-20-44(36-48)57-37-45-17-4-6-24-51(45)52-25-7-8-26-53(52)57/h1-38H. The lowest BCUT2D eigenvalue weighted by Gasteiger charge is -2.20. The monoisotopic (exact) mass is 758 g/mol. The van der Waals surface area contributed by atoms with E-state index in [-0.39, 0.29) is 0 Å². The van der Waals surface area contributed by atoms with Crippen LogP contribution in [0.3, 0.4) is 0 Å². The molecule has 0 saturated carbocycles. The van der Waals surface area contributed by atoms with Gasteiger partial charge in [-0.25, -0.2) is 0 Å². The van der Waals surface area contributed by atoms with Gasteiger partial charge in [-0.05, 0) is 151 Å². The lowest BCUT2D eigenvalue weighted by molar-refractivity contribution is 1.62. The molecule has 60 heavy (non-hydrogen) atoms. The molecule has 12 aromatic carbocycles. The normalized spacial score (nSPS) is 11.7. The summed E-state index contributed by atoms with van der Waals surface area (Å²) in [6, 6.07) is 85.3. The SMILES string of the molecule is c1cc(-c2ccc3ccccc3c2)cc(-c2c3ccccc3c(-c3cccc(-c4cc5ccccc5c5ccccc45)c3)c3cc(-c4cccc5ccccc45)ccc23)c1. The molecule has 0 radical (unpaired) electrons. The van der Waals surface area contributed by atoms with E-state index >= 15 is 0 Å². The summed E-state index contributed by atoms with van der Waals surface area (Å²) in [7, 11) is 0. The fourth-order valence-corrected chi connectivity index (χ4v) is 9.80. The van der Waals surface area contributed by atoms with Crippen LogP contribution in [0, 0.1) is 0 Å². The van der Waals surface area contributed by atoms with Crippen LogP contribution in [0.1, 0.15) is 0 Å². The van der Waals surface area contributed by atoms with Gasteiger partial charge in [0, 0.05) is 0 Å². The summed E-state index contributed by atoms with van der Waals surface area (Å²) in [4.78, 5) is 0. The Morgan fingerprint density at radius 1 is 0.167 bits per heavy atom. The topological polar surface area (TPSA) is 0 Å². The van der Waals surface area contributed by atoms with Crippen molar-refractivity contribution in [3.05, 3.63) is 231 Å². The van der Waals surface area contributed by atoms with Gasteiger partial charge in [-0.3, -0.25) is 0 Å². The molecule has 278 valence electrons. The third-order valence-electron chi connectivity index (χ3n) is 12.6. The highest BCUT2D eigenvalue weighted by molar-refractivity contribution is 6.23. The Kier molecular flexibility index (Phi) is 7.96. The number of hydrogen-bond donors (Lipinski definition) is 0. The van der Waals surface area contributed by atoms with Crippen molar-refractivity contribution in [2.24, 2.45) is 0 Å². The molecule has 0 heterocycles. The van der Waals surface area contributed by atoms with Crippen LogP contribution in [-0.4, -0.2) is 0 Å². The molecule has 0 heteroatoms. The van der Waals surface area contributed by atoms with E-state index in [0.29, 0.717) is 0 Å². The van der Waals surface area contributed by atoms with Gasteiger partial charge in [0.2, 0.25) is 0 Å². The van der Waals surface area contributed by atoms with E-state index in [1.165, 1.54) is 120 Å². The van der Waals surface area contributed by atoms with Crippen LogP contribution in [0.5, 0.6) is 0 Å². The summed E-state index contributed by atoms with van der Waals surface area (Å²) in [5.74, 6) is 0. The van der Waals surface area contributed by atoms with Crippen molar-refractivity contribution in [3.8, 4) is 55.6 Å². The molecule has 0 spiro atoms. The number of rotatable bonds is 5. The Hall–Kier alpha value is -7.80. The second-order valence-corrected chi connectivity index (χ2v) is 16.0. The van der Waals surface area contributed by atoms with Crippen LogP contribution < -0.4 is 0 Å². The van der Waals surface area contributed by atoms with Gasteiger partial charge in [0.1, 0.15) is 0 Å². The lowest BCUT2D eigenvalue weighted by atomic mass is 9.83. The van der Waals surface area contributed by atoms with Gasteiger partial charge in [0.25, 0.3) is 0 Å². The molecule has 0 amide bonds. The predicted molar refractivity (Wildman–Crippen MR) is 259 cm³/mol. The van der Waals surface area contributed by atoms with Gasteiger partial charge in [0.05, 0.1) is 0 Å². The Morgan fingerprint density at radius 2 is 0.650 bits per heavy atom. The minimum atomic E-state index is 1.21. The molecule has 0 N–H and O–H groups in total. The van der Waals surface area contributed by atoms with Gasteiger partial charge in [-0.15, -0.1) is 0 Å². The highest BCUT2D eigenvalue weighted by Crippen LogP contribution is 2.47. The van der Waals surface area contributed by atoms with Crippen molar-refractivity contribution < 1.29 is 0 Å². The van der Waals surface area contributed by atoms with Gasteiger partial charge in [0.15, 0.2) is 0 Å². The second-order valence-electron chi connectivity index (χ2n) is 16.0. The molecule has 0 aliphatic heterocycles. The highest BCUT2D eigenvalue weighted by atomic mass is 14.2. The van der Waals surface area contributed by atoms with E-state index in [1.807, 2.05) is 0 Å². The van der Waals surface area contributed by atoms with Gasteiger partial charge < -0.3 is 0 Å². The maximum atomic E-state index is 2.45. The first kappa shape index (κ1) is 34.3. The molecule has 0 aromatic heterocycles. The maximum Gasteiger partial charge on any atom is -0.00259 e. The molecule has 0 aliphatic carbocycles. The average Bonchev–Trinajstić information content (AvgIpc) is 3.32. The van der Waals surface area contributed by atoms with E-state index in [9.17, 15) is 0 Å². The Balaban J connectivity index is 1.13. The molecule has 0 unspecified atom stereocenters. The summed E-state index contributed by atoms with van der Waals surface area (Å²) < 4.78 is 0. The zero-order chi connectivity index (χ0) is 39.6. The van der Waals surface area contributed by atoms with Gasteiger partial charge >= 0.3 is 0 Å². The Morgan fingerprint density at radius 3 is 1.43 bits per heavy atom. The van der Waals surface area contributed by atoms with E-state index < -0.39 is 0 Å². The van der Waals surface area contributed by atoms with Crippen molar-refractivity contribution in [3.63, 3.8) is 0 Å². The zero-order valence-corrected chi connectivity index (χ0v) is 32.9. The molecule has 12 rings (SSSR count). The first-order valence-electron chi connectivity index (χ1n) is 20.8. The van der Waals surface area contributed by atoms with Crippen molar-refractivity contribution in [1.29, 1.82) is 0 Å². The maximum absolute atomic E-state index is 2.45. The Bertz CT molecular complexity index is 3660. The van der Waals surface area contributed by atoms with Crippen molar-refractivity contribution in [2.75, 3.05) is 0 Å². The fourth-order valence-electron chi connectivity index (χ4n) is 9.80. The van der Waals surface area contributed by atoms with Crippen molar-refractivity contribution >= 4 is 64.6 Å². The third-order valence-corrected chi connectivity index (χ3v) is 12.6. The Labute approximate surface area is 349 Å². The first-order chi connectivity index (χ1) is 29.7. The largest absolute Gasteiger partial charge is 0.0616 e. The molecule has 0 saturated heterocycles. The van der Waals surface area contributed by atoms with Crippen LogP contribution in [0.25, 0.3) is 120 Å². The van der Waals surface area contributed by atoms with Crippen LogP contribution in [0.2, 0.25) is 0 Å². The van der Waals surface area contributed by atoms with Gasteiger partial charge in [-0.1, -0.05) is 200 Å². The van der Waals surface area contributed by atoms with Crippen LogP contribution in [0.15, 0.2) is 231 Å². The summed E-state index contributed by atoms with van der Waals surface area (Å²) in [6.07, 6.45) is 0. The zero-order valence-electron chi connectivity index (χ0n) is 32.9. The lowest BCUT2D eigenvalue weighted by Crippen LogP contribution is -1.93. The molecule has 12 aromatic rings. The summed E-state index contributed by atoms with van der Waals surface area (Å²) in [5, 5.41) is 15.1. The molecular formula is C60H38.